The molecule has 1 saturated carbocycles. The van der Waals surface area contributed by atoms with Gasteiger partial charge in [0.25, 0.3) is 0 Å². The number of benzene rings is 1. The SMILES string of the molecule is OCc1cc(F)cc(N2CCCC3CCCC32)c1. The number of hydrogen-bond donors (Lipinski definition) is 1. The third-order valence-corrected chi connectivity index (χ3v) is 4.45. The van der Waals surface area contributed by atoms with Crippen LogP contribution in [0.25, 0.3) is 0 Å². The predicted molar refractivity (Wildman–Crippen MR) is 70.0 cm³/mol. The highest BCUT2D eigenvalue weighted by Crippen LogP contribution is 2.39. The maximum atomic E-state index is 13.6. The Morgan fingerprint density at radius 2 is 2.00 bits per heavy atom. The summed E-state index contributed by atoms with van der Waals surface area (Å²) in [6, 6.07) is 5.55. The van der Waals surface area contributed by atoms with Gasteiger partial charge in [-0.25, -0.2) is 4.39 Å². The molecule has 0 amide bonds. The van der Waals surface area contributed by atoms with Gasteiger partial charge in [-0.1, -0.05) is 6.42 Å². The summed E-state index contributed by atoms with van der Waals surface area (Å²) in [5.41, 5.74) is 1.63. The third-order valence-electron chi connectivity index (χ3n) is 4.45. The van der Waals surface area contributed by atoms with Gasteiger partial charge in [-0.3, -0.25) is 0 Å². The maximum Gasteiger partial charge on any atom is 0.125 e. The number of piperidine rings is 1. The van der Waals surface area contributed by atoms with Gasteiger partial charge in [0, 0.05) is 18.3 Å². The van der Waals surface area contributed by atoms with Crippen molar-refractivity contribution >= 4 is 5.69 Å². The van der Waals surface area contributed by atoms with Gasteiger partial charge in [-0.2, -0.15) is 0 Å². The van der Waals surface area contributed by atoms with E-state index in [1.807, 2.05) is 6.07 Å². The van der Waals surface area contributed by atoms with Gasteiger partial charge in [-0.05, 0) is 55.4 Å². The van der Waals surface area contributed by atoms with Crippen molar-refractivity contribution in [2.45, 2.75) is 44.8 Å². The van der Waals surface area contributed by atoms with E-state index >= 15 is 0 Å². The quantitative estimate of drug-likeness (QED) is 0.870. The molecule has 2 fully saturated rings. The zero-order chi connectivity index (χ0) is 12.5. The van der Waals surface area contributed by atoms with Gasteiger partial charge in [0.1, 0.15) is 5.82 Å². The van der Waals surface area contributed by atoms with Crippen molar-refractivity contribution in [2.75, 3.05) is 11.4 Å². The Balaban J connectivity index is 1.90. The number of rotatable bonds is 2. The van der Waals surface area contributed by atoms with E-state index in [9.17, 15) is 9.50 Å². The van der Waals surface area contributed by atoms with E-state index in [2.05, 4.69) is 4.90 Å². The average Bonchev–Trinajstić information content (AvgIpc) is 2.85. The van der Waals surface area contributed by atoms with Gasteiger partial charge >= 0.3 is 0 Å². The van der Waals surface area contributed by atoms with Crippen LogP contribution in [0.15, 0.2) is 18.2 Å². The number of fused-ring (bicyclic) bond motifs is 1. The van der Waals surface area contributed by atoms with Crippen LogP contribution in [0.5, 0.6) is 0 Å². The number of hydrogen-bond acceptors (Lipinski definition) is 2. The highest BCUT2D eigenvalue weighted by atomic mass is 19.1. The number of aliphatic hydroxyl groups excluding tert-OH is 1. The van der Waals surface area contributed by atoms with E-state index in [1.54, 1.807) is 6.07 Å². The molecular formula is C15H20FNO. The second-order valence-electron chi connectivity index (χ2n) is 5.57. The molecule has 2 atom stereocenters. The second-order valence-corrected chi connectivity index (χ2v) is 5.57. The molecule has 1 aliphatic carbocycles. The average molecular weight is 249 g/mol. The molecule has 0 radical (unpaired) electrons. The van der Waals surface area contributed by atoms with Crippen molar-refractivity contribution in [1.29, 1.82) is 0 Å². The molecule has 0 bridgehead atoms. The Hall–Kier alpha value is -1.09. The predicted octanol–water partition coefficient (Wildman–Crippen LogP) is 3.09. The van der Waals surface area contributed by atoms with E-state index in [0.717, 1.165) is 18.2 Å². The maximum absolute atomic E-state index is 13.6. The van der Waals surface area contributed by atoms with E-state index in [0.29, 0.717) is 11.6 Å². The zero-order valence-electron chi connectivity index (χ0n) is 10.6. The summed E-state index contributed by atoms with van der Waals surface area (Å²) in [5, 5.41) is 9.19. The molecule has 1 aromatic rings. The van der Waals surface area contributed by atoms with Crippen LogP contribution in [0.3, 0.4) is 0 Å². The van der Waals surface area contributed by atoms with E-state index in [4.69, 9.17) is 0 Å². The molecular weight excluding hydrogens is 229 g/mol. The lowest BCUT2D eigenvalue weighted by Gasteiger charge is -2.39. The van der Waals surface area contributed by atoms with Gasteiger partial charge in [0.05, 0.1) is 6.61 Å². The minimum absolute atomic E-state index is 0.0906. The first kappa shape index (κ1) is 12.0. The minimum Gasteiger partial charge on any atom is -0.392 e. The smallest absolute Gasteiger partial charge is 0.125 e. The topological polar surface area (TPSA) is 23.5 Å². The van der Waals surface area contributed by atoms with Crippen LogP contribution >= 0.6 is 0 Å². The molecule has 3 heteroatoms. The van der Waals surface area contributed by atoms with Crippen molar-refractivity contribution < 1.29 is 9.50 Å². The lowest BCUT2D eigenvalue weighted by Crippen LogP contribution is -2.42. The summed E-state index contributed by atoms with van der Waals surface area (Å²) < 4.78 is 13.6. The summed E-state index contributed by atoms with van der Waals surface area (Å²) in [6.45, 7) is 0.933. The van der Waals surface area contributed by atoms with E-state index in [-0.39, 0.29) is 12.4 Å². The van der Waals surface area contributed by atoms with Gasteiger partial charge in [0.15, 0.2) is 0 Å². The van der Waals surface area contributed by atoms with Crippen molar-refractivity contribution in [3.05, 3.63) is 29.6 Å². The van der Waals surface area contributed by atoms with Crippen molar-refractivity contribution in [3.8, 4) is 0 Å². The Morgan fingerprint density at radius 1 is 1.17 bits per heavy atom. The van der Waals surface area contributed by atoms with Crippen molar-refractivity contribution in [1.82, 2.24) is 0 Å². The van der Waals surface area contributed by atoms with Gasteiger partial charge in [-0.15, -0.1) is 0 Å². The molecule has 18 heavy (non-hydrogen) atoms. The molecule has 2 aliphatic rings. The normalized spacial score (nSPS) is 27.3. The fraction of sp³-hybridized carbons (Fsp3) is 0.600. The fourth-order valence-electron chi connectivity index (χ4n) is 3.66. The van der Waals surface area contributed by atoms with E-state index < -0.39 is 0 Å². The molecule has 1 heterocycles. The summed E-state index contributed by atoms with van der Waals surface area (Å²) in [7, 11) is 0. The van der Waals surface area contributed by atoms with Crippen LogP contribution in [0.4, 0.5) is 10.1 Å². The lowest BCUT2D eigenvalue weighted by atomic mass is 9.91. The molecule has 3 rings (SSSR count). The fourth-order valence-corrected chi connectivity index (χ4v) is 3.66. The molecule has 98 valence electrons. The largest absolute Gasteiger partial charge is 0.392 e. The second kappa shape index (κ2) is 4.88. The highest BCUT2D eigenvalue weighted by molar-refractivity contribution is 5.50. The first-order valence-corrected chi connectivity index (χ1v) is 6.95. The van der Waals surface area contributed by atoms with Gasteiger partial charge < -0.3 is 10.0 Å². The Labute approximate surface area is 107 Å². The Bertz CT molecular complexity index is 435. The summed E-state index contributed by atoms with van der Waals surface area (Å²) in [5.74, 6) is 0.552. The molecule has 0 aromatic heterocycles. The first-order chi connectivity index (χ1) is 8.78. The summed E-state index contributed by atoms with van der Waals surface area (Å²) in [6.07, 6.45) is 6.38. The molecule has 1 N–H and O–H groups in total. The minimum atomic E-state index is -0.239. The number of aliphatic hydroxyl groups is 1. The van der Waals surface area contributed by atoms with Crippen LogP contribution in [0.1, 0.15) is 37.7 Å². The number of anilines is 1. The molecule has 1 aromatic carbocycles. The lowest BCUT2D eigenvalue weighted by molar-refractivity contribution is 0.281. The summed E-state index contributed by atoms with van der Waals surface area (Å²) >= 11 is 0. The van der Waals surface area contributed by atoms with Crippen molar-refractivity contribution in [2.24, 2.45) is 5.92 Å². The van der Waals surface area contributed by atoms with Gasteiger partial charge in [0.2, 0.25) is 0 Å². The third kappa shape index (κ3) is 2.12. The Kier molecular flexibility index (Phi) is 3.25. The zero-order valence-corrected chi connectivity index (χ0v) is 10.6. The Morgan fingerprint density at radius 3 is 2.83 bits per heavy atom. The standard InChI is InChI=1S/C15H20FNO/c16-13-7-11(10-18)8-14(9-13)17-6-2-4-12-3-1-5-15(12)17/h7-9,12,15,18H,1-6,10H2. The van der Waals surface area contributed by atoms with E-state index in [1.165, 1.54) is 38.2 Å². The number of nitrogens with zero attached hydrogens (tertiary/aromatic N) is 1. The number of halogens is 1. The molecule has 2 nitrogen and oxygen atoms in total. The first-order valence-electron chi connectivity index (χ1n) is 6.95. The van der Waals surface area contributed by atoms with Crippen LogP contribution < -0.4 is 4.90 Å². The monoisotopic (exact) mass is 249 g/mol. The molecule has 1 saturated heterocycles. The molecule has 2 unspecified atom stereocenters. The molecule has 1 aliphatic heterocycles. The van der Waals surface area contributed by atoms with Crippen LogP contribution in [0.2, 0.25) is 0 Å². The van der Waals surface area contributed by atoms with Crippen LogP contribution in [-0.2, 0) is 6.61 Å². The van der Waals surface area contributed by atoms with Crippen LogP contribution in [-0.4, -0.2) is 17.7 Å². The van der Waals surface area contributed by atoms with Crippen LogP contribution in [0, 0.1) is 11.7 Å². The van der Waals surface area contributed by atoms with Crippen molar-refractivity contribution in [3.63, 3.8) is 0 Å². The highest BCUT2D eigenvalue weighted by Gasteiger charge is 2.35. The molecule has 0 spiro atoms. The summed E-state index contributed by atoms with van der Waals surface area (Å²) in [4.78, 5) is 2.36.